The van der Waals surface area contributed by atoms with E-state index in [-0.39, 0.29) is 6.54 Å². The van der Waals surface area contributed by atoms with Gasteiger partial charge in [0.25, 0.3) is 6.43 Å². The number of aromatic amines is 1. The lowest BCUT2D eigenvalue weighted by atomic mass is 10.3. The van der Waals surface area contributed by atoms with Gasteiger partial charge in [-0.05, 0) is 11.6 Å². The summed E-state index contributed by atoms with van der Waals surface area (Å²) >= 11 is 0. The van der Waals surface area contributed by atoms with Gasteiger partial charge >= 0.3 is 6.09 Å². The Kier molecular flexibility index (Phi) is 3.90. The molecule has 2 N–H and O–H groups in total. The lowest BCUT2D eigenvalue weighted by molar-refractivity contribution is 0.0487. The number of rotatable bonds is 4. The number of aromatic nitrogens is 1. The Bertz CT molecular complexity index is 275. The number of halogens is 2. The van der Waals surface area contributed by atoms with Crippen molar-refractivity contribution in [3.63, 3.8) is 0 Å². The van der Waals surface area contributed by atoms with Gasteiger partial charge < -0.3 is 15.0 Å². The van der Waals surface area contributed by atoms with Crippen molar-refractivity contribution in [3.05, 3.63) is 24.0 Å². The first-order chi connectivity index (χ1) is 6.68. The smallest absolute Gasteiger partial charge is 0.407 e. The molecule has 6 heteroatoms. The van der Waals surface area contributed by atoms with Crippen LogP contribution in [0.25, 0.3) is 0 Å². The average molecular weight is 204 g/mol. The Morgan fingerprint density at radius 1 is 1.64 bits per heavy atom. The van der Waals surface area contributed by atoms with Crippen LogP contribution in [0.4, 0.5) is 13.6 Å². The van der Waals surface area contributed by atoms with Gasteiger partial charge in [0.05, 0.1) is 0 Å². The molecule has 0 spiro atoms. The van der Waals surface area contributed by atoms with Gasteiger partial charge in [-0.25, -0.2) is 13.6 Å². The van der Waals surface area contributed by atoms with Gasteiger partial charge in [-0.15, -0.1) is 0 Å². The van der Waals surface area contributed by atoms with Crippen LogP contribution in [0.1, 0.15) is 5.56 Å². The molecule has 0 aliphatic heterocycles. The number of carbonyl (C=O) groups is 1. The molecular formula is C8H10F2N2O2. The van der Waals surface area contributed by atoms with Gasteiger partial charge in [-0.2, -0.15) is 0 Å². The number of ether oxygens (including phenoxy) is 1. The van der Waals surface area contributed by atoms with E-state index < -0.39 is 19.1 Å². The molecule has 0 unspecified atom stereocenters. The molecule has 78 valence electrons. The van der Waals surface area contributed by atoms with E-state index in [2.05, 4.69) is 15.0 Å². The maximum atomic E-state index is 11.6. The largest absolute Gasteiger partial charge is 0.443 e. The Morgan fingerprint density at radius 3 is 3.00 bits per heavy atom. The normalized spacial score (nSPS) is 10.2. The minimum absolute atomic E-state index is 0.256. The summed E-state index contributed by atoms with van der Waals surface area (Å²) in [6, 6.07) is 1.76. The SMILES string of the molecule is O=C(NCc1cc[nH]c1)OCC(F)F. The summed E-state index contributed by atoms with van der Waals surface area (Å²) in [6.45, 7) is -0.620. The topological polar surface area (TPSA) is 54.1 Å². The van der Waals surface area contributed by atoms with Crippen LogP contribution in [-0.2, 0) is 11.3 Å². The summed E-state index contributed by atoms with van der Waals surface area (Å²) in [5.74, 6) is 0. The molecule has 0 atom stereocenters. The van der Waals surface area contributed by atoms with Crippen LogP contribution in [0.3, 0.4) is 0 Å². The molecule has 0 saturated carbocycles. The number of alkyl carbamates (subject to hydrolysis) is 1. The van der Waals surface area contributed by atoms with E-state index >= 15 is 0 Å². The van der Waals surface area contributed by atoms with E-state index in [1.807, 2.05) is 0 Å². The summed E-state index contributed by atoms with van der Waals surface area (Å²) in [4.78, 5) is 13.6. The first kappa shape index (κ1) is 10.5. The molecule has 14 heavy (non-hydrogen) atoms. The summed E-state index contributed by atoms with van der Waals surface area (Å²) < 4.78 is 27.4. The van der Waals surface area contributed by atoms with Gasteiger partial charge in [0, 0.05) is 18.9 Å². The van der Waals surface area contributed by atoms with Gasteiger partial charge in [0.1, 0.15) is 0 Å². The molecule has 1 rings (SSSR count). The van der Waals surface area contributed by atoms with Crippen LogP contribution >= 0.6 is 0 Å². The average Bonchev–Trinajstić information content (AvgIpc) is 2.63. The Hall–Kier alpha value is -1.59. The van der Waals surface area contributed by atoms with E-state index in [0.29, 0.717) is 0 Å². The molecule has 0 fully saturated rings. The highest BCUT2D eigenvalue weighted by Gasteiger charge is 2.07. The van der Waals surface area contributed by atoms with Crippen LogP contribution in [0.2, 0.25) is 0 Å². The first-order valence-electron chi connectivity index (χ1n) is 3.99. The van der Waals surface area contributed by atoms with Gasteiger partial charge in [0.2, 0.25) is 0 Å². The highest BCUT2D eigenvalue weighted by Crippen LogP contribution is 1.96. The minimum Gasteiger partial charge on any atom is -0.443 e. The van der Waals surface area contributed by atoms with E-state index in [4.69, 9.17) is 0 Å². The predicted molar refractivity (Wildman–Crippen MR) is 45.0 cm³/mol. The number of H-pyrrole nitrogens is 1. The summed E-state index contributed by atoms with van der Waals surface area (Å²) in [5.41, 5.74) is 0.846. The second-order valence-electron chi connectivity index (χ2n) is 2.56. The van der Waals surface area contributed by atoms with Gasteiger partial charge in [-0.1, -0.05) is 0 Å². The number of amides is 1. The Balaban J connectivity index is 2.15. The molecule has 0 radical (unpaired) electrons. The maximum Gasteiger partial charge on any atom is 0.407 e. The predicted octanol–water partition coefficient (Wildman–Crippen LogP) is 1.51. The van der Waals surface area contributed by atoms with Crippen molar-refractivity contribution in [1.29, 1.82) is 0 Å². The van der Waals surface area contributed by atoms with Crippen LogP contribution in [-0.4, -0.2) is 24.1 Å². The molecular weight excluding hydrogens is 194 g/mol. The molecule has 0 bridgehead atoms. The van der Waals surface area contributed by atoms with Crippen molar-refractivity contribution >= 4 is 6.09 Å². The fourth-order valence-electron chi connectivity index (χ4n) is 0.832. The lowest BCUT2D eigenvalue weighted by Crippen LogP contribution is -2.25. The number of nitrogens with one attached hydrogen (secondary N) is 2. The van der Waals surface area contributed by atoms with E-state index in [1.54, 1.807) is 18.5 Å². The third-order valence-electron chi connectivity index (χ3n) is 1.44. The molecule has 1 aromatic heterocycles. The van der Waals surface area contributed by atoms with Crippen molar-refractivity contribution in [2.24, 2.45) is 0 Å². The second-order valence-corrected chi connectivity index (χ2v) is 2.56. The zero-order valence-electron chi connectivity index (χ0n) is 7.30. The summed E-state index contributed by atoms with van der Waals surface area (Å²) in [6.07, 6.45) is -0.0889. The van der Waals surface area contributed by atoms with Crippen LogP contribution in [0.15, 0.2) is 18.5 Å². The van der Waals surface area contributed by atoms with Crippen molar-refractivity contribution in [1.82, 2.24) is 10.3 Å². The Labute approximate surface area is 79.3 Å². The summed E-state index contributed by atoms with van der Waals surface area (Å²) in [5, 5.41) is 2.33. The number of alkyl halides is 2. The monoisotopic (exact) mass is 204 g/mol. The number of carbonyl (C=O) groups excluding carboxylic acids is 1. The Morgan fingerprint density at radius 2 is 2.43 bits per heavy atom. The fraction of sp³-hybridized carbons (Fsp3) is 0.375. The molecule has 1 heterocycles. The highest BCUT2D eigenvalue weighted by atomic mass is 19.3. The minimum atomic E-state index is -2.63. The number of hydrogen-bond donors (Lipinski definition) is 2. The van der Waals surface area contributed by atoms with Crippen molar-refractivity contribution in [3.8, 4) is 0 Å². The van der Waals surface area contributed by atoms with Crippen LogP contribution < -0.4 is 5.32 Å². The first-order valence-corrected chi connectivity index (χ1v) is 3.99. The fourth-order valence-corrected chi connectivity index (χ4v) is 0.832. The maximum absolute atomic E-state index is 11.6. The molecule has 0 aliphatic carbocycles. The lowest BCUT2D eigenvalue weighted by Gasteiger charge is -2.04. The third kappa shape index (κ3) is 3.88. The van der Waals surface area contributed by atoms with E-state index in [0.717, 1.165) is 5.56 Å². The van der Waals surface area contributed by atoms with E-state index in [1.165, 1.54) is 0 Å². The third-order valence-corrected chi connectivity index (χ3v) is 1.44. The van der Waals surface area contributed by atoms with Gasteiger partial charge in [0.15, 0.2) is 6.61 Å². The van der Waals surface area contributed by atoms with Crippen molar-refractivity contribution < 1.29 is 18.3 Å². The summed E-state index contributed by atoms with van der Waals surface area (Å²) in [7, 11) is 0. The highest BCUT2D eigenvalue weighted by molar-refractivity contribution is 5.67. The number of hydrogen-bond acceptors (Lipinski definition) is 2. The molecule has 0 aliphatic rings. The zero-order chi connectivity index (χ0) is 10.4. The zero-order valence-corrected chi connectivity index (χ0v) is 7.30. The second kappa shape index (κ2) is 5.21. The molecule has 4 nitrogen and oxygen atoms in total. The van der Waals surface area contributed by atoms with Gasteiger partial charge in [-0.3, -0.25) is 0 Å². The van der Waals surface area contributed by atoms with Crippen molar-refractivity contribution in [2.45, 2.75) is 13.0 Å². The molecule has 1 amide bonds. The van der Waals surface area contributed by atoms with E-state index in [9.17, 15) is 13.6 Å². The van der Waals surface area contributed by atoms with Crippen molar-refractivity contribution in [2.75, 3.05) is 6.61 Å². The standard InChI is InChI=1S/C8H10F2N2O2/c9-7(10)5-14-8(13)12-4-6-1-2-11-3-6/h1-3,7,11H,4-5H2,(H,12,13). The molecule has 1 aromatic rings. The molecule has 0 aromatic carbocycles. The quantitative estimate of drug-likeness (QED) is 0.780. The molecule has 0 saturated heterocycles. The van der Waals surface area contributed by atoms with Crippen LogP contribution in [0, 0.1) is 0 Å². The van der Waals surface area contributed by atoms with Crippen LogP contribution in [0.5, 0.6) is 0 Å².